The van der Waals surface area contributed by atoms with E-state index in [-0.39, 0.29) is 12.0 Å². The molecule has 2 N–H and O–H groups in total. The first-order chi connectivity index (χ1) is 13.6. The number of benzene rings is 1. The van der Waals surface area contributed by atoms with Gasteiger partial charge in [-0.2, -0.15) is 0 Å². The summed E-state index contributed by atoms with van der Waals surface area (Å²) in [5.41, 5.74) is 8.47. The molecule has 2 amide bonds. The number of amides is 2. The van der Waals surface area contributed by atoms with E-state index in [1.165, 1.54) is 0 Å². The monoisotopic (exact) mass is 380 g/mol. The van der Waals surface area contributed by atoms with Crippen LogP contribution in [0.5, 0.6) is 0 Å². The number of aromatic nitrogens is 1. The zero-order chi connectivity index (χ0) is 19.5. The highest BCUT2D eigenvalue weighted by Crippen LogP contribution is 2.24. The maximum atomic E-state index is 12.2. The quantitative estimate of drug-likeness (QED) is 0.848. The smallest absolute Gasteiger partial charge is 0.248 e. The molecule has 1 atom stereocenters. The minimum absolute atomic E-state index is 0.149. The van der Waals surface area contributed by atoms with Crippen molar-refractivity contribution in [3.8, 4) is 11.1 Å². The number of ether oxygens (including phenoxy) is 1. The summed E-state index contributed by atoms with van der Waals surface area (Å²) in [4.78, 5) is 32.2. The number of nitrogens with two attached hydrogens (primary N) is 1. The molecular formula is C21H24N4O3. The minimum Gasteiger partial charge on any atom is -0.369 e. The highest BCUT2D eigenvalue weighted by molar-refractivity contribution is 5.94. The van der Waals surface area contributed by atoms with Gasteiger partial charge in [-0.3, -0.25) is 19.5 Å². The van der Waals surface area contributed by atoms with Crippen molar-refractivity contribution in [2.75, 3.05) is 39.3 Å². The number of likely N-dealkylation sites (tertiary alicyclic amines) is 1. The molecule has 0 radical (unpaired) electrons. The summed E-state index contributed by atoms with van der Waals surface area (Å²) in [7, 11) is 0. The third-order valence-corrected chi connectivity index (χ3v) is 5.31. The summed E-state index contributed by atoms with van der Waals surface area (Å²) in [6.45, 7) is 4.20. The number of rotatable bonds is 5. The van der Waals surface area contributed by atoms with Crippen LogP contribution < -0.4 is 5.73 Å². The van der Waals surface area contributed by atoms with Crippen molar-refractivity contribution < 1.29 is 14.3 Å². The number of carbonyl (C=O) groups is 2. The van der Waals surface area contributed by atoms with Crippen molar-refractivity contribution in [1.29, 1.82) is 0 Å². The van der Waals surface area contributed by atoms with Crippen LogP contribution in [-0.4, -0.2) is 65.9 Å². The van der Waals surface area contributed by atoms with E-state index in [1.807, 2.05) is 23.1 Å². The topological polar surface area (TPSA) is 88.8 Å². The predicted octanol–water partition coefficient (Wildman–Crippen LogP) is 1.45. The average Bonchev–Trinajstić information content (AvgIpc) is 2.67. The number of carbonyl (C=O) groups excluding carboxylic acids is 2. The summed E-state index contributed by atoms with van der Waals surface area (Å²) in [6.07, 6.45) is 2.74. The second-order valence-electron chi connectivity index (χ2n) is 7.25. The van der Waals surface area contributed by atoms with E-state index in [2.05, 4.69) is 9.88 Å². The fourth-order valence-corrected chi connectivity index (χ4v) is 3.50. The fourth-order valence-electron chi connectivity index (χ4n) is 3.50. The Balaban J connectivity index is 1.42. The molecule has 0 aliphatic carbocycles. The van der Waals surface area contributed by atoms with Crippen LogP contribution in [0.2, 0.25) is 0 Å². The van der Waals surface area contributed by atoms with Crippen LogP contribution in [-0.2, 0) is 9.53 Å². The Morgan fingerprint density at radius 1 is 1.14 bits per heavy atom. The molecule has 7 nitrogen and oxygen atoms in total. The van der Waals surface area contributed by atoms with Crippen molar-refractivity contribution >= 4 is 11.8 Å². The summed E-state index contributed by atoms with van der Waals surface area (Å²) >= 11 is 0. The molecule has 4 rings (SSSR count). The largest absolute Gasteiger partial charge is 0.369 e. The van der Waals surface area contributed by atoms with Gasteiger partial charge in [-0.05, 0) is 30.2 Å². The van der Waals surface area contributed by atoms with Crippen LogP contribution in [0, 0.1) is 0 Å². The standard InChI is InChI=1S/C21H24N4O3/c22-21(27)16-4-1-3-15(11-16)17-5-6-18(23-12-17)19-13-24(9-10-28-19)14-20(26)25-7-2-8-25/h1,3-6,11-12,19H,2,7-10,13-14H2,(H2,22,27). The van der Waals surface area contributed by atoms with E-state index >= 15 is 0 Å². The molecule has 2 saturated heterocycles. The van der Waals surface area contributed by atoms with E-state index < -0.39 is 5.91 Å². The van der Waals surface area contributed by atoms with Crippen molar-refractivity contribution in [2.45, 2.75) is 12.5 Å². The molecule has 2 aliphatic heterocycles. The number of pyridine rings is 1. The number of morpholine rings is 1. The Bertz CT molecular complexity index is 864. The van der Waals surface area contributed by atoms with E-state index in [4.69, 9.17) is 10.5 Å². The van der Waals surface area contributed by atoms with Gasteiger partial charge in [-0.25, -0.2) is 0 Å². The Morgan fingerprint density at radius 2 is 2.00 bits per heavy atom. The van der Waals surface area contributed by atoms with Gasteiger partial charge in [0, 0.05) is 43.5 Å². The van der Waals surface area contributed by atoms with Crippen molar-refractivity contribution in [3.63, 3.8) is 0 Å². The van der Waals surface area contributed by atoms with Gasteiger partial charge >= 0.3 is 0 Å². The number of nitrogens with zero attached hydrogens (tertiary/aromatic N) is 3. The molecular weight excluding hydrogens is 356 g/mol. The maximum Gasteiger partial charge on any atom is 0.248 e. The summed E-state index contributed by atoms with van der Waals surface area (Å²) in [6, 6.07) is 11.1. The number of hydrogen-bond acceptors (Lipinski definition) is 5. The van der Waals surface area contributed by atoms with Crippen molar-refractivity contribution in [3.05, 3.63) is 53.9 Å². The third-order valence-electron chi connectivity index (χ3n) is 5.31. The second-order valence-corrected chi connectivity index (χ2v) is 7.25. The average molecular weight is 380 g/mol. The first kappa shape index (κ1) is 18.6. The first-order valence-electron chi connectivity index (χ1n) is 9.58. The SMILES string of the molecule is NC(=O)c1cccc(-c2ccc(C3CN(CC(=O)N4CCC4)CCO3)nc2)c1. The summed E-state index contributed by atoms with van der Waals surface area (Å²) in [5.74, 6) is -0.251. The van der Waals surface area contributed by atoms with E-state index in [0.717, 1.165) is 42.9 Å². The minimum atomic E-state index is -0.449. The van der Waals surface area contributed by atoms with Gasteiger partial charge in [0.05, 0.1) is 18.8 Å². The van der Waals surface area contributed by atoms with Gasteiger partial charge < -0.3 is 15.4 Å². The van der Waals surface area contributed by atoms with Crippen molar-refractivity contribution in [1.82, 2.24) is 14.8 Å². The molecule has 28 heavy (non-hydrogen) atoms. The van der Waals surface area contributed by atoms with Crippen LogP contribution in [0.1, 0.15) is 28.6 Å². The Hall–Kier alpha value is -2.77. The van der Waals surface area contributed by atoms with Crippen LogP contribution >= 0.6 is 0 Å². The normalized spacial score (nSPS) is 19.9. The van der Waals surface area contributed by atoms with E-state index in [0.29, 0.717) is 25.3 Å². The van der Waals surface area contributed by atoms with E-state index in [9.17, 15) is 9.59 Å². The Kier molecular flexibility index (Phi) is 5.36. The molecule has 0 saturated carbocycles. The Labute approximate surface area is 164 Å². The summed E-state index contributed by atoms with van der Waals surface area (Å²) < 4.78 is 5.88. The zero-order valence-electron chi connectivity index (χ0n) is 15.7. The first-order valence-corrected chi connectivity index (χ1v) is 9.58. The third kappa shape index (κ3) is 4.05. The van der Waals surface area contributed by atoms with Gasteiger partial charge in [-0.1, -0.05) is 18.2 Å². The molecule has 3 heterocycles. The zero-order valence-corrected chi connectivity index (χ0v) is 15.7. The Morgan fingerprint density at radius 3 is 2.68 bits per heavy atom. The second kappa shape index (κ2) is 8.08. The lowest BCUT2D eigenvalue weighted by molar-refractivity contribution is -0.137. The molecule has 7 heteroatoms. The van der Waals surface area contributed by atoms with Crippen LogP contribution in [0.4, 0.5) is 0 Å². The van der Waals surface area contributed by atoms with Gasteiger partial charge in [-0.15, -0.1) is 0 Å². The molecule has 2 fully saturated rings. The molecule has 2 aliphatic rings. The summed E-state index contributed by atoms with van der Waals surface area (Å²) in [5, 5.41) is 0. The van der Waals surface area contributed by atoms with Gasteiger partial charge in [0.2, 0.25) is 11.8 Å². The van der Waals surface area contributed by atoms with Crippen molar-refractivity contribution in [2.24, 2.45) is 5.73 Å². The van der Waals surface area contributed by atoms with Crippen LogP contribution in [0.3, 0.4) is 0 Å². The van der Waals surface area contributed by atoms with Gasteiger partial charge in [0.25, 0.3) is 0 Å². The number of hydrogen-bond donors (Lipinski definition) is 1. The highest BCUT2D eigenvalue weighted by Gasteiger charge is 2.27. The highest BCUT2D eigenvalue weighted by atomic mass is 16.5. The lowest BCUT2D eigenvalue weighted by atomic mass is 10.0. The maximum absolute atomic E-state index is 12.2. The lowest BCUT2D eigenvalue weighted by Gasteiger charge is -2.36. The molecule has 0 spiro atoms. The van der Waals surface area contributed by atoms with E-state index in [1.54, 1.807) is 24.4 Å². The number of primary amides is 1. The molecule has 1 unspecified atom stereocenters. The van der Waals surface area contributed by atoms with Crippen LogP contribution in [0.15, 0.2) is 42.6 Å². The van der Waals surface area contributed by atoms with Crippen LogP contribution in [0.25, 0.3) is 11.1 Å². The van der Waals surface area contributed by atoms with Gasteiger partial charge in [0.1, 0.15) is 6.10 Å². The molecule has 146 valence electrons. The molecule has 1 aromatic heterocycles. The van der Waals surface area contributed by atoms with Gasteiger partial charge in [0.15, 0.2) is 0 Å². The molecule has 0 bridgehead atoms. The lowest BCUT2D eigenvalue weighted by Crippen LogP contribution is -2.49. The molecule has 2 aromatic rings. The fraction of sp³-hybridized carbons (Fsp3) is 0.381. The predicted molar refractivity (Wildman–Crippen MR) is 105 cm³/mol. The molecule has 1 aromatic carbocycles.